The van der Waals surface area contributed by atoms with Gasteiger partial charge in [0.1, 0.15) is 5.75 Å². The molecule has 1 saturated carbocycles. The van der Waals surface area contributed by atoms with Gasteiger partial charge in [0.25, 0.3) is 0 Å². The number of hydrogen-bond donors (Lipinski definition) is 0. The monoisotopic (exact) mass is 273 g/mol. The molecule has 0 aliphatic heterocycles. The van der Waals surface area contributed by atoms with Gasteiger partial charge in [0.05, 0.1) is 11.6 Å². The van der Waals surface area contributed by atoms with Gasteiger partial charge < -0.3 is 9.47 Å². The van der Waals surface area contributed by atoms with Crippen molar-refractivity contribution in [3.63, 3.8) is 0 Å². The molecule has 2 rings (SSSR count). The normalized spacial score (nSPS) is 18.1. The SMILES string of the molecule is N#Cc1ccc(OCC(=O)O[C@@H]2CCCCC2=O)cc1. The topological polar surface area (TPSA) is 76.4 Å². The largest absolute Gasteiger partial charge is 0.482 e. The number of carbonyl (C=O) groups excluding carboxylic acids is 2. The van der Waals surface area contributed by atoms with Crippen LogP contribution in [0.25, 0.3) is 0 Å². The third kappa shape index (κ3) is 3.82. The van der Waals surface area contributed by atoms with Crippen LogP contribution >= 0.6 is 0 Å². The summed E-state index contributed by atoms with van der Waals surface area (Å²) in [5.74, 6) is -0.0755. The highest BCUT2D eigenvalue weighted by Gasteiger charge is 2.25. The highest BCUT2D eigenvalue weighted by molar-refractivity contribution is 5.86. The molecule has 1 aliphatic rings. The second kappa shape index (κ2) is 6.71. The van der Waals surface area contributed by atoms with E-state index in [1.54, 1.807) is 24.3 Å². The maximum absolute atomic E-state index is 11.6. The molecular formula is C15H15NO4. The number of nitriles is 1. The zero-order valence-electron chi connectivity index (χ0n) is 11.0. The third-order valence-electron chi connectivity index (χ3n) is 3.11. The van der Waals surface area contributed by atoms with E-state index in [1.165, 1.54) is 0 Å². The van der Waals surface area contributed by atoms with Crippen LogP contribution in [0.1, 0.15) is 31.2 Å². The Labute approximate surface area is 117 Å². The van der Waals surface area contributed by atoms with Gasteiger partial charge in [-0.05, 0) is 43.5 Å². The lowest BCUT2D eigenvalue weighted by Gasteiger charge is -2.20. The summed E-state index contributed by atoms with van der Waals surface area (Å²) >= 11 is 0. The molecule has 104 valence electrons. The minimum atomic E-state index is -0.610. The van der Waals surface area contributed by atoms with Gasteiger partial charge in [-0.2, -0.15) is 5.26 Å². The molecule has 0 spiro atoms. The van der Waals surface area contributed by atoms with Gasteiger partial charge in [-0.1, -0.05) is 0 Å². The van der Waals surface area contributed by atoms with Crippen molar-refractivity contribution in [3.8, 4) is 11.8 Å². The lowest BCUT2D eigenvalue weighted by molar-refractivity contribution is -0.158. The van der Waals surface area contributed by atoms with Crippen molar-refractivity contribution in [1.29, 1.82) is 5.26 Å². The number of Topliss-reactive ketones (excluding diaryl/α,β-unsaturated/α-hetero) is 1. The fraction of sp³-hybridized carbons (Fsp3) is 0.400. The van der Waals surface area contributed by atoms with Crippen molar-refractivity contribution in [2.45, 2.75) is 31.8 Å². The lowest BCUT2D eigenvalue weighted by Crippen LogP contribution is -2.31. The molecule has 1 atom stereocenters. The maximum Gasteiger partial charge on any atom is 0.344 e. The number of ether oxygens (including phenoxy) is 2. The Balaban J connectivity index is 1.79. The lowest BCUT2D eigenvalue weighted by atomic mass is 9.96. The van der Waals surface area contributed by atoms with Gasteiger partial charge in [-0.15, -0.1) is 0 Å². The Morgan fingerprint density at radius 2 is 2.05 bits per heavy atom. The summed E-state index contributed by atoms with van der Waals surface area (Å²) in [7, 11) is 0. The molecule has 0 N–H and O–H groups in total. The molecule has 0 bridgehead atoms. The minimum Gasteiger partial charge on any atom is -0.482 e. The summed E-state index contributed by atoms with van der Waals surface area (Å²) in [6.45, 7) is -0.240. The molecular weight excluding hydrogens is 258 g/mol. The predicted molar refractivity (Wildman–Crippen MR) is 70.0 cm³/mol. The molecule has 0 radical (unpaired) electrons. The average Bonchev–Trinajstić information content (AvgIpc) is 2.48. The average molecular weight is 273 g/mol. The van der Waals surface area contributed by atoms with E-state index in [1.807, 2.05) is 6.07 Å². The second-order valence-electron chi connectivity index (χ2n) is 4.62. The van der Waals surface area contributed by atoms with Crippen LogP contribution < -0.4 is 4.74 Å². The van der Waals surface area contributed by atoms with Crippen molar-refractivity contribution in [2.24, 2.45) is 0 Å². The van der Waals surface area contributed by atoms with Crippen LogP contribution in [0.2, 0.25) is 0 Å². The fourth-order valence-electron chi connectivity index (χ4n) is 2.04. The van der Waals surface area contributed by atoms with E-state index in [0.29, 0.717) is 24.2 Å². The van der Waals surface area contributed by atoms with E-state index < -0.39 is 12.1 Å². The number of rotatable bonds is 4. The summed E-state index contributed by atoms with van der Waals surface area (Å²) in [6, 6.07) is 8.42. The molecule has 5 nitrogen and oxygen atoms in total. The predicted octanol–water partition coefficient (Wildman–Crippen LogP) is 1.99. The van der Waals surface area contributed by atoms with Gasteiger partial charge in [0.15, 0.2) is 18.5 Å². The van der Waals surface area contributed by atoms with Crippen molar-refractivity contribution in [3.05, 3.63) is 29.8 Å². The summed E-state index contributed by atoms with van der Waals surface area (Å²) in [6.07, 6.45) is 2.24. The van der Waals surface area contributed by atoms with E-state index >= 15 is 0 Å². The first-order valence-corrected chi connectivity index (χ1v) is 6.54. The van der Waals surface area contributed by atoms with E-state index in [2.05, 4.69) is 0 Å². The van der Waals surface area contributed by atoms with Gasteiger partial charge in [-0.3, -0.25) is 4.79 Å². The molecule has 0 amide bonds. The Hall–Kier alpha value is -2.35. The fourth-order valence-corrected chi connectivity index (χ4v) is 2.04. The zero-order valence-corrected chi connectivity index (χ0v) is 11.0. The second-order valence-corrected chi connectivity index (χ2v) is 4.62. The Bertz CT molecular complexity index is 530. The number of nitrogens with zero attached hydrogens (tertiary/aromatic N) is 1. The Kier molecular flexibility index (Phi) is 4.72. The summed E-state index contributed by atoms with van der Waals surface area (Å²) < 4.78 is 10.4. The highest BCUT2D eigenvalue weighted by atomic mass is 16.6. The van der Waals surface area contributed by atoms with Crippen molar-refractivity contribution in [2.75, 3.05) is 6.61 Å². The van der Waals surface area contributed by atoms with Gasteiger partial charge >= 0.3 is 5.97 Å². The molecule has 0 saturated heterocycles. The third-order valence-corrected chi connectivity index (χ3v) is 3.11. The first kappa shape index (κ1) is 14.1. The molecule has 20 heavy (non-hydrogen) atoms. The van der Waals surface area contributed by atoms with Gasteiger partial charge in [-0.25, -0.2) is 4.79 Å². The van der Waals surface area contributed by atoms with E-state index in [0.717, 1.165) is 12.8 Å². The number of benzene rings is 1. The van der Waals surface area contributed by atoms with Gasteiger partial charge in [0.2, 0.25) is 0 Å². The van der Waals surface area contributed by atoms with Crippen LogP contribution in [0.15, 0.2) is 24.3 Å². The Morgan fingerprint density at radius 1 is 1.30 bits per heavy atom. The van der Waals surface area contributed by atoms with Crippen LogP contribution in [-0.4, -0.2) is 24.5 Å². The van der Waals surface area contributed by atoms with Crippen LogP contribution in [0.4, 0.5) is 0 Å². The Morgan fingerprint density at radius 3 is 2.70 bits per heavy atom. The molecule has 1 fully saturated rings. The molecule has 1 aromatic rings. The summed E-state index contributed by atoms with van der Waals surface area (Å²) in [5.41, 5.74) is 0.521. The zero-order chi connectivity index (χ0) is 14.4. The molecule has 0 unspecified atom stereocenters. The molecule has 0 aromatic heterocycles. The van der Waals surface area contributed by atoms with Crippen LogP contribution in [0, 0.1) is 11.3 Å². The quantitative estimate of drug-likeness (QED) is 0.784. The molecule has 0 heterocycles. The van der Waals surface area contributed by atoms with Crippen molar-refractivity contribution >= 4 is 11.8 Å². The first-order valence-electron chi connectivity index (χ1n) is 6.54. The first-order chi connectivity index (χ1) is 9.69. The summed E-state index contributed by atoms with van der Waals surface area (Å²) in [5, 5.41) is 8.66. The number of ketones is 1. The van der Waals surface area contributed by atoms with Crippen LogP contribution in [0.3, 0.4) is 0 Å². The molecule has 1 aromatic carbocycles. The number of carbonyl (C=O) groups is 2. The van der Waals surface area contributed by atoms with E-state index in [4.69, 9.17) is 14.7 Å². The summed E-state index contributed by atoms with van der Waals surface area (Å²) in [4.78, 5) is 23.1. The van der Waals surface area contributed by atoms with Crippen molar-refractivity contribution in [1.82, 2.24) is 0 Å². The van der Waals surface area contributed by atoms with Gasteiger partial charge in [0, 0.05) is 6.42 Å². The number of hydrogen-bond acceptors (Lipinski definition) is 5. The minimum absolute atomic E-state index is 0.0111. The smallest absolute Gasteiger partial charge is 0.344 e. The standard InChI is InChI=1S/C15H15NO4/c16-9-11-5-7-12(8-6-11)19-10-15(18)20-14-4-2-1-3-13(14)17/h5-8,14H,1-4,10H2/t14-/m1/s1. The molecule has 1 aliphatic carbocycles. The van der Waals surface area contributed by atoms with E-state index in [-0.39, 0.29) is 12.4 Å². The highest BCUT2D eigenvalue weighted by Crippen LogP contribution is 2.18. The van der Waals surface area contributed by atoms with Crippen molar-refractivity contribution < 1.29 is 19.1 Å². The van der Waals surface area contributed by atoms with Crippen LogP contribution in [0.5, 0.6) is 5.75 Å². The maximum atomic E-state index is 11.6. The molecule has 5 heteroatoms. The number of esters is 1. The van der Waals surface area contributed by atoms with E-state index in [9.17, 15) is 9.59 Å². The van der Waals surface area contributed by atoms with Crippen LogP contribution in [-0.2, 0) is 14.3 Å².